The molecule has 0 amide bonds. The molecule has 0 heterocycles. The van der Waals surface area contributed by atoms with Crippen molar-refractivity contribution in [2.24, 2.45) is 11.3 Å². The molecule has 4 rings (SSSR count). The molecule has 2 atom stereocenters. The van der Waals surface area contributed by atoms with Crippen LogP contribution in [0.4, 0.5) is 0 Å². The minimum atomic E-state index is 0.0423. The number of hydrogen-bond acceptors (Lipinski definition) is 3. The lowest BCUT2D eigenvalue weighted by molar-refractivity contribution is 0.0705. The molecule has 0 aliphatic heterocycles. The van der Waals surface area contributed by atoms with Gasteiger partial charge in [-0.05, 0) is 66.4 Å². The molecular formula is C27H32O3. The van der Waals surface area contributed by atoms with Crippen molar-refractivity contribution in [3.8, 4) is 5.75 Å². The number of hydrogen-bond donors (Lipinski definition) is 1. The first kappa shape index (κ1) is 20.9. The first-order valence-corrected chi connectivity index (χ1v) is 11.0. The molecule has 2 aliphatic rings. The molecule has 2 saturated carbocycles. The summed E-state index contributed by atoms with van der Waals surface area (Å²) in [6, 6.07) is 19.3. The third-order valence-corrected chi connectivity index (χ3v) is 6.49. The molecule has 2 unspecified atom stereocenters. The van der Waals surface area contributed by atoms with E-state index in [1.807, 2.05) is 0 Å². The van der Waals surface area contributed by atoms with Gasteiger partial charge >= 0.3 is 0 Å². The van der Waals surface area contributed by atoms with Crippen molar-refractivity contribution in [1.29, 1.82) is 0 Å². The zero-order valence-electron chi connectivity index (χ0n) is 18.1. The molecule has 2 aromatic carbocycles. The van der Waals surface area contributed by atoms with Gasteiger partial charge in [0.25, 0.3) is 0 Å². The van der Waals surface area contributed by atoms with Crippen LogP contribution in [0, 0.1) is 11.3 Å². The Morgan fingerprint density at radius 1 is 1.03 bits per heavy atom. The van der Waals surface area contributed by atoms with E-state index in [4.69, 9.17) is 14.6 Å². The maximum atomic E-state index is 8.76. The molecule has 0 aromatic heterocycles. The summed E-state index contributed by atoms with van der Waals surface area (Å²) in [7, 11) is 0. The summed E-state index contributed by atoms with van der Waals surface area (Å²) in [5.41, 5.74) is 7.54. The largest absolute Gasteiger partial charge is 0.491 e. The highest BCUT2D eigenvalue weighted by Gasteiger charge is 2.55. The summed E-state index contributed by atoms with van der Waals surface area (Å²) in [4.78, 5) is 0. The first-order chi connectivity index (χ1) is 14.6. The quantitative estimate of drug-likeness (QED) is 0.457. The SMILES string of the molecule is C/C=C1/C/C(=C(/c2ccccc2)c2ccc(OCCOCCO)cc2)C2CC2(C)C1. The van der Waals surface area contributed by atoms with Crippen LogP contribution in [0.2, 0.25) is 0 Å². The van der Waals surface area contributed by atoms with Crippen molar-refractivity contribution in [2.45, 2.75) is 33.1 Å². The van der Waals surface area contributed by atoms with E-state index in [0.717, 1.165) is 12.2 Å². The van der Waals surface area contributed by atoms with Crippen molar-refractivity contribution in [2.75, 3.05) is 26.4 Å². The molecule has 0 bridgehead atoms. The Labute approximate surface area is 180 Å². The Kier molecular flexibility index (Phi) is 6.40. The fraction of sp³-hybridized carbons (Fsp3) is 0.407. The maximum Gasteiger partial charge on any atom is 0.119 e. The van der Waals surface area contributed by atoms with Gasteiger partial charge in [0.15, 0.2) is 0 Å². The van der Waals surface area contributed by atoms with Crippen LogP contribution in [0.25, 0.3) is 5.57 Å². The molecule has 0 spiro atoms. The van der Waals surface area contributed by atoms with Crippen LogP contribution in [0.1, 0.15) is 44.2 Å². The molecule has 158 valence electrons. The fourth-order valence-electron chi connectivity index (χ4n) is 4.81. The van der Waals surface area contributed by atoms with E-state index in [-0.39, 0.29) is 6.61 Å². The number of rotatable bonds is 8. The molecule has 0 radical (unpaired) electrons. The first-order valence-electron chi connectivity index (χ1n) is 11.0. The van der Waals surface area contributed by atoms with Crippen LogP contribution in [-0.2, 0) is 4.74 Å². The lowest BCUT2D eigenvalue weighted by Crippen LogP contribution is -2.12. The lowest BCUT2D eigenvalue weighted by Gasteiger charge is -2.26. The zero-order valence-corrected chi connectivity index (χ0v) is 18.1. The average molecular weight is 405 g/mol. The van der Waals surface area contributed by atoms with E-state index in [0.29, 0.717) is 31.2 Å². The number of aliphatic hydroxyl groups excluding tert-OH is 1. The Hall–Kier alpha value is -2.36. The number of allylic oxidation sites excluding steroid dienone is 3. The van der Waals surface area contributed by atoms with Crippen molar-refractivity contribution in [1.82, 2.24) is 0 Å². The summed E-state index contributed by atoms with van der Waals surface area (Å²) >= 11 is 0. The van der Waals surface area contributed by atoms with E-state index in [1.165, 1.54) is 29.5 Å². The van der Waals surface area contributed by atoms with Crippen molar-refractivity contribution in [3.05, 3.63) is 82.9 Å². The Morgan fingerprint density at radius 2 is 1.77 bits per heavy atom. The molecule has 3 nitrogen and oxygen atoms in total. The highest BCUT2D eigenvalue weighted by molar-refractivity contribution is 5.83. The van der Waals surface area contributed by atoms with E-state index in [2.05, 4.69) is 74.5 Å². The topological polar surface area (TPSA) is 38.7 Å². The van der Waals surface area contributed by atoms with Gasteiger partial charge in [-0.3, -0.25) is 0 Å². The lowest BCUT2D eigenvalue weighted by atomic mass is 9.78. The van der Waals surface area contributed by atoms with Gasteiger partial charge in [-0.1, -0.05) is 66.6 Å². The molecule has 0 saturated heterocycles. The van der Waals surface area contributed by atoms with Crippen LogP contribution < -0.4 is 4.74 Å². The predicted molar refractivity (Wildman–Crippen MR) is 122 cm³/mol. The summed E-state index contributed by atoms with van der Waals surface area (Å²) in [6.07, 6.45) is 5.94. The van der Waals surface area contributed by atoms with Gasteiger partial charge in [0.1, 0.15) is 12.4 Å². The summed E-state index contributed by atoms with van der Waals surface area (Å²) in [6.45, 7) is 5.98. The van der Waals surface area contributed by atoms with Gasteiger partial charge in [0.05, 0.1) is 19.8 Å². The van der Waals surface area contributed by atoms with Gasteiger partial charge in [-0.2, -0.15) is 0 Å². The number of aliphatic hydroxyl groups is 1. The standard InChI is InChI=1S/C27H32O3/c1-3-20-17-24(25-19-27(25,2)18-20)26(21-7-5-4-6-8-21)22-9-11-23(12-10-22)30-16-15-29-14-13-28/h3-12,25,28H,13-19H2,1-2H3/b20-3-,26-24+. The number of benzene rings is 2. The molecule has 3 heteroatoms. The predicted octanol–water partition coefficient (Wildman–Crippen LogP) is 5.64. The van der Waals surface area contributed by atoms with Crippen LogP contribution in [-0.4, -0.2) is 31.5 Å². The molecule has 30 heavy (non-hydrogen) atoms. The number of ether oxygens (including phenoxy) is 2. The maximum absolute atomic E-state index is 8.76. The Balaban J connectivity index is 1.62. The Morgan fingerprint density at radius 3 is 2.47 bits per heavy atom. The van der Waals surface area contributed by atoms with Gasteiger partial charge in [0, 0.05) is 0 Å². The monoisotopic (exact) mass is 404 g/mol. The fourth-order valence-corrected chi connectivity index (χ4v) is 4.81. The third-order valence-electron chi connectivity index (χ3n) is 6.49. The van der Waals surface area contributed by atoms with Crippen molar-refractivity contribution < 1.29 is 14.6 Å². The normalized spacial score (nSPS) is 25.7. The van der Waals surface area contributed by atoms with E-state index in [1.54, 1.807) is 11.1 Å². The average Bonchev–Trinajstić information content (AvgIpc) is 3.47. The molecule has 1 N–H and O–H groups in total. The van der Waals surface area contributed by atoms with E-state index < -0.39 is 0 Å². The van der Waals surface area contributed by atoms with Crippen molar-refractivity contribution in [3.63, 3.8) is 0 Å². The van der Waals surface area contributed by atoms with Gasteiger partial charge < -0.3 is 14.6 Å². The highest BCUT2D eigenvalue weighted by atomic mass is 16.5. The minimum absolute atomic E-state index is 0.0423. The summed E-state index contributed by atoms with van der Waals surface area (Å²) in [5.74, 6) is 1.54. The molecule has 2 fully saturated rings. The second-order valence-electron chi connectivity index (χ2n) is 8.69. The Bertz CT molecular complexity index is 911. The van der Waals surface area contributed by atoms with Crippen LogP contribution in [0.15, 0.2) is 71.8 Å². The number of fused-ring (bicyclic) bond motifs is 1. The van der Waals surface area contributed by atoms with Gasteiger partial charge in [-0.25, -0.2) is 0 Å². The summed E-state index contributed by atoms with van der Waals surface area (Å²) in [5, 5.41) is 8.76. The minimum Gasteiger partial charge on any atom is -0.491 e. The van der Waals surface area contributed by atoms with Crippen LogP contribution in [0.5, 0.6) is 5.75 Å². The van der Waals surface area contributed by atoms with Crippen LogP contribution in [0.3, 0.4) is 0 Å². The molecular weight excluding hydrogens is 372 g/mol. The second-order valence-corrected chi connectivity index (χ2v) is 8.69. The van der Waals surface area contributed by atoms with Crippen LogP contribution >= 0.6 is 0 Å². The van der Waals surface area contributed by atoms with E-state index in [9.17, 15) is 0 Å². The molecule has 2 aromatic rings. The zero-order chi connectivity index (χ0) is 21.0. The second kappa shape index (κ2) is 9.20. The third kappa shape index (κ3) is 4.53. The van der Waals surface area contributed by atoms with Crippen molar-refractivity contribution >= 4 is 5.57 Å². The van der Waals surface area contributed by atoms with E-state index >= 15 is 0 Å². The smallest absolute Gasteiger partial charge is 0.119 e. The highest BCUT2D eigenvalue weighted by Crippen LogP contribution is 2.65. The van der Waals surface area contributed by atoms with Gasteiger partial charge in [0.2, 0.25) is 0 Å². The summed E-state index contributed by atoms with van der Waals surface area (Å²) < 4.78 is 11.0. The van der Waals surface area contributed by atoms with Gasteiger partial charge in [-0.15, -0.1) is 0 Å². The molecule has 2 aliphatic carbocycles.